The predicted molar refractivity (Wildman–Crippen MR) is 136 cm³/mol. The van der Waals surface area contributed by atoms with E-state index in [1.54, 1.807) is 0 Å². The fourth-order valence-electron chi connectivity index (χ4n) is 4.47. The third kappa shape index (κ3) is 4.10. The van der Waals surface area contributed by atoms with Gasteiger partial charge in [0.25, 0.3) is 0 Å². The van der Waals surface area contributed by atoms with Gasteiger partial charge in [-0.15, -0.1) is 0 Å². The number of rotatable bonds is 5. The number of hydrogen-bond acceptors (Lipinski definition) is 3. The lowest BCUT2D eigenvalue weighted by Gasteiger charge is -2.28. The minimum absolute atomic E-state index is 0.0273. The van der Waals surface area contributed by atoms with Gasteiger partial charge < -0.3 is 19.9 Å². The van der Waals surface area contributed by atoms with Crippen molar-refractivity contribution in [1.29, 1.82) is 0 Å². The van der Waals surface area contributed by atoms with Gasteiger partial charge in [0.2, 0.25) is 0 Å². The molecule has 166 valence electrons. The first kappa shape index (κ1) is 21.2. The topological polar surface area (TPSA) is 53.2 Å². The number of pyridine rings is 1. The highest BCUT2D eigenvalue weighted by molar-refractivity contribution is 7.80. The van der Waals surface area contributed by atoms with Gasteiger partial charge in [0.05, 0.1) is 17.8 Å². The second-order valence-corrected chi connectivity index (χ2v) is 8.78. The summed E-state index contributed by atoms with van der Waals surface area (Å²) in [5.41, 5.74) is 6.53. The molecule has 1 saturated heterocycles. The number of para-hydroxylation sites is 1. The number of aromatic nitrogens is 2. The Morgan fingerprint density at radius 1 is 0.939 bits per heavy atom. The van der Waals surface area contributed by atoms with Crippen LogP contribution in [0.4, 0.5) is 5.69 Å². The molecule has 0 amide bonds. The number of nitrogens with one attached hydrogen (secondary N) is 2. The zero-order valence-electron chi connectivity index (χ0n) is 18.9. The first-order valence-corrected chi connectivity index (χ1v) is 11.4. The molecule has 0 saturated carbocycles. The zero-order chi connectivity index (χ0) is 22.9. The third-order valence-electron chi connectivity index (χ3n) is 6.04. The van der Waals surface area contributed by atoms with Crippen molar-refractivity contribution in [3.05, 3.63) is 107 Å². The molecule has 0 bridgehead atoms. The van der Waals surface area contributed by atoms with Crippen LogP contribution in [0.1, 0.15) is 40.3 Å². The molecule has 0 spiro atoms. The molecule has 0 unspecified atom stereocenters. The van der Waals surface area contributed by atoms with Crippen molar-refractivity contribution in [2.75, 3.05) is 4.90 Å². The number of H-pyrrole nitrogens is 1. The van der Waals surface area contributed by atoms with Crippen LogP contribution in [0.25, 0.3) is 0 Å². The Hall–Kier alpha value is -3.64. The van der Waals surface area contributed by atoms with E-state index in [0.29, 0.717) is 5.11 Å². The third-order valence-corrected chi connectivity index (χ3v) is 6.36. The number of aryl methyl sites for hydroxylation is 3. The number of aromatic amines is 1. The van der Waals surface area contributed by atoms with Gasteiger partial charge in [0, 0.05) is 23.3 Å². The van der Waals surface area contributed by atoms with E-state index in [1.807, 2.05) is 67.7 Å². The first-order chi connectivity index (χ1) is 16.0. The van der Waals surface area contributed by atoms with Crippen LogP contribution >= 0.6 is 12.2 Å². The molecule has 0 radical (unpaired) electrons. The molecule has 4 aromatic rings. The number of thiocarbonyl (C=S) groups is 1. The fourth-order valence-corrected chi connectivity index (χ4v) is 4.82. The molecule has 2 atom stereocenters. The summed E-state index contributed by atoms with van der Waals surface area (Å²) in [6.07, 6.45) is 1.83. The summed E-state index contributed by atoms with van der Waals surface area (Å²) in [6, 6.07) is 24.2. The van der Waals surface area contributed by atoms with Crippen LogP contribution < -0.4 is 15.0 Å². The first-order valence-electron chi connectivity index (χ1n) is 11.0. The Bertz CT molecular complexity index is 1280. The smallest absolute Gasteiger partial charge is 0.174 e. The molecule has 1 aliphatic heterocycles. The average molecular weight is 455 g/mol. The summed E-state index contributed by atoms with van der Waals surface area (Å²) in [5, 5.41) is 4.20. The maximum absolute atomic E-state index is 6.10. The van der Waals surface area contributed by atoms with Gasteiger partial charge in [-0.05, 0) is 92.6 Å². The van der Waals surface area contributed by atoms with Gasteiger partial charge in [-0.1, -0.05) is 24.3 Å². The highest BCUT2D eigenvalue weighted by Gasteiger charge is 2.41. The average Bonchev–Trinajstić information content (AvgIpc) is 3.34. The lowest BCUT2D eigenvalue weighted by molar-refractivity contribution is 0.479. The SMILES string of the molecule is Cc1cc([C@@H]2[C@H](c3ccccn3)NC(=S)N2c2ccc(Oc3ccccc3C)cc2)c(C)[nH]1. The largest absolute Gasteiger partial charge is 0.457 e. The van der Waals surface area contributed by atoms with Crippen molar-refractivity contribution >= 4 is 23.0 Å². The monoisotopic (exact) mass is 454 g/mol. The fraction of sp³-hybridized carbons (Fsp3) is 0.185. The Labute approximate surface area is 199 Å². The summed E-state index contributed by atoms with van der Waals surface area (Å²) in [7, 11) is 0. The van der Waals surface area contributed by atoms with Crippen LogP contribution in [0.5, 0.6) is 11.5 Å². The minimum atomic E-state index is -0.0597. The van der Waals surface area contributed by atoms with Crippen LogP contribution in [-0.4, -0.2) is 15.1 Å². The van der Waals surface area contributed by atoms with E-state index >= 15 is 0 Å². The van der Waals surface area contributed by atoms with Gasteiger partial charge >= 0.3 is 0 Å². The highest BCUT2D eigenvalue weighted by Crippen LogP contribution is 2.43. The second-order valence-electron chi connectivity index (χ2n) is 8.39. The second kappa shape index (κ2) is 8.71. The number of nitrogens with zero attached hydrogens (tertiary/aromatic N) is 2. The Morgan fingerprint density at radius 3 is 2.36 bits per heavy atom. The van der Waals surface area contributed by atoms with Crippen molar-refractivity contribution < 1.29 is 4.74 Å². The van der Waals surface area contributed by atoms with E-state index in [9.17, 15) is 0 Å². The molecule has 3 heterocycles. The van der Waals surface area contributed by atoms with Gasteiger partial charge in [0.1, 0.15) is 11.5 Å². The molecule has 6 heteroatoms. The van der Waals surface area contributed by atoms with E-state index in [2.05, 4.69) is 52.2 Å². The van der Waals surface area contributed by atoms with Gasteiger partial charge in [-0.2, -0.15) is 0 Å². The van der Waals surface area contributed by atoms with E-state index in [1.165, 1.54) is 5.56 Å². The number of anilines is 1. The van der Waals surface area contributed by atoms with E-state index < -0.39 is 0 Å². The van der Waals surface area contributed by atoms with Crippen LogP contribution in [0, 0.1) is 20.8 Å². The number of ether oxygens (including phenoxy) is 1. The van der Waals surface area contributed by atoms with Crippen molar-refractivity contribution in [1.82, 2.24) is 15.3 Å². The van der Waals surface area contributed by atoms with Gasteiger partial charge in [-0.25, -0.2) is 0 Å². The van der Waals surface area contributed by atoms with Crippen LogP contribution in [0.3, 0.4) is 0 Å². The summed E-state index contributed by atoms with van der Waals surface area (Å²) in [5.74, 6) is 1.65. The summed E-state index contributed by atoms with van der Waals surface area (Å²) in [4.78, 5) is 10.3. The lowest BCUT2D eigenvalue weighted by atomic mass is 9.96. The molecule has 2 aromatic heterocycles. The molecule has 1 fully saturated rings. The van der Waals surface area contributed by atoms with E-state index in [0.717, 1.165) is 39.8 Å². The molecular formula is C27H26N4OS. The molecule has 0 aliphatic carbocycles. The summed E-state index contributed by atoms with van der Waals surface area (Å²) in [6.45, 7) is 6.23. The molecular weight excluding hydrogens is 428 g/mol. The molecule has 2 aromatic carbocycles. The Morgan fingerprint density at radius 2 is 1.70 bits per heavy atom. The molecule has 1 aliphatic rings. The van der Waals surface area contributed by atoms with Gasteiger partial charge in [-0.3, -0.25) is 4.98 Å². The molecule has 2 N–H and O–H groups in total. The van der Waals surface area contributed by atoms with Crippen molar-refractivity contribution in [3.8, 4) is 11.5 Å². The van der Waals surface area contributed by atoms with Gasteiger partial charge in [0.15, 0.2) is 5.11 Å². The summed E-state index contributed by atoms with van der Waals surface area (Å²) < 4.78 is 6.10. The van der Waals surface area contributed by atoms with E-state index in [-0.39, 0.29) is 12.1 Å². The lowest BCUT2D eigenvalue weighted by Crippen LogP contribution is -2.29. The van der Waals surface area contributed by atoms with Crippen molar-refractivity contribution in [2.24, 2.45) is 0 Å². The number of benzene rings is 2. The zero-order valence-corrected chi connectivity index (χ0v) is 19.7. The molecule has 5 rings (SSSR count). The standard InChI is InChI=1S/C27H26N4OS/c1-17-8-4-5-10-24(17)32-21-13-11-20(12-14-21)31-26(22-16-18(2)29-19(22)3)25(30-27(31)33)23-9-6-7-15-28-23/h4-16,25-26,29H,1-3H3,(H,30,33)/t25-,26+/m0/s1. The predicted octanol–water partition coefficient (Wildman–Crippen LogP) is 6.30. The van der Waals surface area contributed by atoms with Crippen LogP contribution in [0.15, 0.2) is 79.0 Å². The van der Waals surface area contributed by atoms with E-state index in [4.69, 9.17) is 17.0 Å². The Balaban J connectivity index is 1.51. The number of hydrogen-bond donors (Lipinski definition) is 2. The van der Waals surface area contributed by atoms with Crippen molar-refractivity contribution in [3.63, 3.8) is 0 Å². The molecule has 33 heavy (non-hydrogen) atoms. The molecule has 5 nitrogen and oxygen atoms in total. The highest BCUT2D eigenvalue weighted by atomic mass is 32.1. The van der Waals surface area contributed by atoms with Crippen molar-refractivity contribution in [2.45, 2.75) is 32.9 Å². The minimum Gasteiger partial charge on any atom is -0.457 e. The normalized spacial score (nSPS) is 17.8. The Kier molecular flexibility index (Phi) is 5.60. The van der Waals surface area contributed by atoms with Crippen LogP contribution in [-0.2, 0) is 0 Å². The van der Waals surface area contributed by atoms with Crippen LogP contribution in [0.2, 0.25) is 0 Å². The summed E-state index contributed by atoms with van der Waals surface area (Å²) >= 11 is 5.83. The maximum atomic E-state index is 6.10. The quantitative estimate of drug-likeness (QED) is 0.346. The maximum Gasteiger partial charge on any atom is 0.174 e.